The van der Waals surface area contributed by atoms with E-state index in [0.29, 0.717) is 24.4 Å². The summed E-state index contributed by atoms with van der Waals surface area (Å²) in [4.78, 5) is 0. The third-order valence-corrected chi connectivity index (χ3v) is 2.78. The number of hydrogen-bond acceptors (Lipinski definition) is 4. The van der Waals surface area contributed by atoms with Gasteiger partial charge in [0.15, 0.2) is 11.6 Å². The van der Waals surface area contributed by atoms with Crippen LogP contribution in [-0.4, -0.2) is 16.8 Å². The highest BCUT2D eigenvalue weighted by Crippen LogP contribution is 2.25. The van der Waals surface area contributed by atoms with Crippen molar-refractivity contribution in [1.29, 1.82) is 0 Å². The minimum atomic E-state index is -0.438. The fourth-order valence-corrected chi connectivity index (χ4v) is 1.78. The van der Waals surface area contributed by atoms with Crippen molar-refractivity contribution in [2.45, 2.75) is 13.5 Å². The van der Waals surface area contributed by atoms with Crippen molar-refractivity contribution in [1.82, 2.24) is 0 Å². The first-order valence-electron chi connectivity index (χ1n) is 6.27. The van der Waals surface area contributed by atoms with E-state index in [9.17, 15) is 14.6 Å². The molecule has 0 aliphatic carbocycles. The predicted octanol–water partition coefficient (Wildman–Crippen LogP) is 3.25. The van der Waals surface area contributed by atoms with Gasteiger partial charge in [0.25, 0.3) is 0 Å². The van der Waals surface area contributed by atoms with Gasteiger partial charge in [-0.2, -0.15) is 0 Å². The largest absolute Gasteiger partial charge is 0.508 e. The normalized spacial score (nSPS) is 10.3. The van der Waals surface area contributed by atoms with Crippen molar-refractivity contribution >= 4 is 5.69 Å². The zero-order valence-corrected chi connectivity index (χ0v) is 11.1. The first kappa shape index (κ1) is 14.0. The van der Waals surface area contributed by atoms with Crippen LogP contribution in [-0.2, 0) is 6.54 Å². The Bertz CT molecular complexity index is 602. The van der Waals surface area contributed by atoms with Gasteiger partial charge in [0.2, 0.25) is 0 Å². The van der Waals surface area contributed by atoms with Crippen molar-refractivity contribution in [3.05, 3.63) is 47.8 Å². The third-order valence-electron chi connectivity index (χ3n) is 2.78. The van der Waals surface area contributed by atoms with Crippen LogP contribution >= 0.6 is 0 Å². The Morgan fingerprint density at radius 3 is 2.60 bits per heavy atom. The van der Waals surface area contributed by atoms with Crippen LogP contribution in [0.2, 0.25) is 0 Å². The van der Waals surface area contributed by atoms with Crippen molar-refractivity contribution in [3.63, 3.8) is 0 Å². The highest BCUT2D eigenvalue weighted by atomic mass is 19.1. The van der Waals surface area contributed by atoms with Crippen molar-refractivity contribution in [3.8, 4) is 17.2 Å². The number of aromatic hydroxyl groups is 2. The van der Waals surface area contributed by atoms with Gasteiger partial charge in [-0.05, 0) is 31.2 Å². The van der Waals surface area contributed by atoms with Crippen LogP contribution in [0.25, 0.3) is 0 Å². The van der Waals surface area contributed by atoms with E-state index < -0.39 is 5.82 Å². The number of benzene rings is 2. The summed E-state index contributed by atoms with van der Waals surface area (Å²) in [7, 11) is 0. The Balaban J connectivity index is 2.05. The number of ether oxygens (including phenoxy) is 1. The monoisotopic (exact) mass is 277 g/mol. The summed E-state index contributed by atoms with van der Waals surface area (Å²) in [6.45, 7) is 2.52. The van der Waals surface area contributed by atoms with Gasteiger partial charge >= 0.3 is 0 Å². The molecule has 20 heavy (non-hydrogen) atoms. The second-order valence-corrected chi connectivity index (χ2v) is 4.24. The number of rotatable bonds is 5. The number of halogens is 1. The molecule has 0 aromatic heterocycles. The quantitative estimate of drug-likeness (QED) is 0.785. The van der Waals surface area contributed by atoms with Gasteiger partial charge in [-0.3, -0.25) is 0 Å². The summed E-state index contributed by atoms with van der Waals surface area (Å²) in [5.41, 5.74) is 1.19. The first-order chi connectivity index (χ1) is 9.60. The summed E-state index contributed by atoms with van der Waals surface area (Å²) in [6.07, 6.45) is 0. The average molecular weight is 277 g/mol. The molecule has 0 saturated carbocycles. The van der Waals surface area contributed by atoms with Gasteiger partial charge in [0.1, 0.15) is 11.5 Å². The first-order valence-corrected chi connectivity index (χ1v) is 6.27. The van der Waals surface area contributed by atoms with Gasteiger partial charge in [-0.15, -0.1) is 0 Å². The van der Waals surface area contributed by atoms with Crippen LogP contribution in [0.5, 0.6) is 17.2 Å². The summed E-state index contributed by atoms with van der Waals surface area (Å²) in [5.74, 6) is -0.237. The molecule has 0 aliphatic heterocycles. The standard InChI is InChI=1S/C15H16FNO3/c1-2-20-15-6-4-11(7-13(15)16)17-9-10-3-5-12(18)8-14(10)19/h3-8,17-19H,2,9H2,1H3. The van der Waals surface area contributed by atoms with Crippen LogP contribution in [0.3, 0.4) is 0 Å². The molecule has 2 aromatic carbocycles. The molecule has 0 atom stereocenters. The van der Waals surface area contributed by atoms with Crippen LogP contribution < -0.4 is 10.1 Å². The Kier molecular flexibility index (Phi) is 4.30. The maximum atomic E-state index is 13.6. The lowest BCUT2D eigenvalue weighted by atomic mass is 10.2. The molecule has 0 amide bonds. The van der Waals surface area contributed by atoms with E-state index in [2.05, 4.69) is 5.32 Å². The topological polar surface area (TPSA) is 61.7 Å². The van der Waals surface area contributed by atoms with Crippen molar-refractivity contribution in [2.24, 2.45) is 0 Å². The SMILES string of the molecule is CCOc1ccc(NCc2ccc(O)cc2O)cc1F. The lowest BCUT2D eigenvalue weighted by Crippen LogP contribution is -2.01. The Labute approximate surface area is 116 Å². The molecule has 0 fully saturated rings. The number of nitrogens with one attached hydrogen (secondary N) is 1. The molecule has 0 unspecified atom stereocenters. The van der Waals surface area contributed by atoms with Crippen LogP contribution in [0.4, 0.5) is 10.1 Å². The second kappa shape index (κ2) is 6.14. The van der Waals surface area contributed by atoms with E-state index in [4.69, 9.17) is 4.74 Å². The molecule has 0 heterocycles. The van der Waals surface area contributed by atoms with E-state index in [-0.39, 0.29) is 17.2 Å². The smallest absolute Gasteiger partial charge is 0.167 e. The zero-order chi connectivity index (χ0) is 14.5. The Hall–Kier alpha value is -2.43. The van der Waals surface area contributed by atoms with Crippen molar-refractivity contribution in [2.75, 3.05) is 11.9 Å². The molecule has 5 heteroatoms. The fourth-order valence-electron chi connectivity index (χ4n) is 1.78. The third kappa shape index (κ3) is 3.32. The van der Waals surface area contributed by atoms with Gasteiger partial charge in [0.05, 0.1) is 6.61 Å². The maximum Gasteiger partial charge on any atom is 0.167 e. The molecular weight excluding hydrogens is 261 g/mol. The molecule has 0 saturated heterocycles. The van der Waals surface area contributed by atoms with Gasteiger partial charge in [-0.1, -0.05) is 0 Å². The zero-order valence-electron chi connectivity index (χ0n) is 11.1. The maximum absolute atomic E-state index is 13.6. The van der Waals surface area contributed by atoms with E-state index in [1.165, 1.54) is 18.2 Å². The van der Waals surface area contributed by atoms with E-state index in [0.717, 1.165) is 0 Å². The molecule has 4 nitrogen and oxygen atoms in total. The van der Waals surface area contributed by atoms with E-state index in [1.54, 1.807) is 25.1 Å². The van der Waals surface area contributed by atoms with Crippen LogP contribution in [0.15, 0.2) is 36.4 Å². The number of hydrogen-bond donors (Lipinski definition) is 3. The molecule has 2 aromatic rings. The van der Waals surface area contributed by atoms with Gasteiger partial charge in [0, 0.05) is 29.9 Å². The lowest BCUT2D eigenvalue weighted by Gasteiger charge is -2.10. The molecule has 3 N–H and O–H groups in total. The molecule has 0 radical (unpaired) electrons. The summed E-state index contributed by atoms with van der Waals surface area (Å²) in [6, 6.07) is 8.93. The molecular formula is C15H16FNO3. The minimum absolute atomic E-state index is 0.00152. The Morgan fingerprint density at radius 2 is 1.95 bits per heavy atom. The number of anilines is 1. The molecule has 106 valence electrons. The van der Waals surface area contributed by atoms with Gasteiger partial charge < -0.3 is 20.3 Å². The molecule has 0 aliphatic rings. The number of phenolic OH excluding ortho intramolecular Hbond substituents is 2. The second-order valence-electron chi connectivity index (χ2n) is 4.24. The predicted molar refractivity (Wildman–Crippen MR) is 74.7 cm³/mol. The summed E-state index contributed by atoms with van der Waals surface area (Å²) in [5, 5.41) is 21.8. The minimum Gasteiger partial charge on any atom is -0.508 e. The highest BCUT2D eigenvalue weighted by molar-refractivity contribution is 5.49. The van der Waals surface area contributed by atoms with Crippen LogP contribution in [0.1, 0.15) is 12.5 Å². The fraction of sp³-hybridized carbons (Fsp3) is 0.200. The Morgan fingerprint density at radius 1 is 1.15 bits per heavy atom. The molecule has 2 rings (SSSR count). The van der Waals surface area contributed by atoms with Gasteiger partial charge in [-0.25, -0.2) is 4.39 Å². The van der Waals surface area contributed by atoms with E-state index >= 15 is 0 Å². The number of phenols is 2. The molecule has 0 spiro atoms. The van der Waals surface area contributed by atoms with Crippen LogP contribution in [0, 0.1) is 5.82 Å². The lowest BCUT2D eigenvalue weighted by molar-refractivity contribution is 0.321. The molecule has 0 bridgehead atoms. The highest BCUT2D eigenvalue weighted by Gasteiger charge is 2.06. The average Bonchev–Trinajstić information content (AvgIpc) is 2.41. The summed E-state index contributed by atoms with van der Waals surface area (Å²) < 4.78 is 18.8. The van der Waals surface area contributed by atoms with E-state index in [1.807, 2.05) is 0 Å². The summed E-state index contributed by atoms with van der Waals surface area (Å²) >= 11 is 0. The van der Waals surface area contributed by atoms with Crippen molar-refractivity contribution < 1.29 is 19.3 Å².